The molecule has 20 heavy (non-hydrogen) atoms. The molecule has 0 aromatic heterocycles. The number of amides is 2. The Kier molecular flexibility index (Phi) is 2.53. The van der Waals surface area contributed by atoms with E-state index >= 15 is 0 Å². The van der Waals surface area contributed by atoms with Crippen LogP contribution in [0.2, 0.25) is 0 Å². The lowest BCUT2D eigenvalue weighted by atomic mass is 10.0. The zero-order valence-corrected chi connectivity index (χ0v) is 10.6. The molecule has 1 aromatic carbocycles. The Balaban J connectivity index is 2.29. The number of likely N-dealkylation sites (N-methyl/N-ethyl adjacent to an activating group) is 1. The molecular weight excluding hydrogens is 260 g/mol. The highest BCUT2D eigenvalue weighted by atomic mass is 16.4. The second-order valence-electron chi connectivity index (χ2n) is 4.57. The molecule has 1 aliphatic heterocycles. The van der Waals surface area contributed by atoms with Gasteiger partial charge in [0, 0.05) is 12.6 Å². The second kappa shape index (κ2) is 4.12. The summed E-state index contributed by atoms with van der Waals surface area (Å²) in [7, 11) is 1.46. The van der Waals surface area contributed by atoms with Gasteiger partial charge in [-0.3, -0.25) is 14.4 Å². The number of nitrogens with zero attached hydrogens (tertiary/aromatic N) is 2. The lowest BCUT2D eigenvalue weighted by Crippen LogP contribution is -2.39. The highest BCUT2D eigenvalue weighted by Crippen LogP contribution is 2.38. The van der Waals surface area contributed by atoms with Crippen molar-refractivity contribution in [3.8, 4) is 0 Å². The molecule has 0 radical (unpaired) electrons. The van der Waals surface area contributed by atoms with Gasteiger partial charge in [-0.1, -0.05) is 24.3 Å². The molecule has 1 N–H and O–H groups in total. The number of carbonyl (C=O) groups excluding carboxylic acids is 2. The maximum absolute atomic E-state index is 11.7. The summed E-state index contributed by atoms with van der Waals surface area (Å²) in [4.78, 5) is 39.3. The first-order chi connectivity index (χ1) is 9.50. The predicted molar refractivity (Wildman–Crippen MR) is 69.9 cm³/mol. The summed E-state index contributed by atoms with van der Waals surface area (Å²) < 4.78 is 0. The van der Waals surface area contributed by atoms with Gasteiger partial charge in [-0.05, 0) is 11.1 Å². The van der Waals surface area contributed by atoms with Crippen LogP contribution in [0, 0.1) is 0 Å². The van der Waals surface area contributed by atoms with Crippen LogP contribution < -0.4 is 0 Å². The Labute approximate surface area is 114 Å². The van der Waals surface area contributed by atoms with Gasteiger partial charge in [0.2, 0.25) is 0 Å². The molecule has 0 saturated carbocycles. The van der Waals surface area contributed by atoms with Crippen molar-refractivity contribution in [1.82, 2.24) is 4.90 Å². The first-order valence-corrected chi connectivity index (χ1v) is 5.96. The van der Waals surface area contributed by atoms with Gasteiger partial charge in [-0.2, -0.15) is 0 Å². The average molecular weight is 270 g/mol. The first kappa shape index (κ1) is 12.3. The number of carboxylic acid groups (broad SMARTS) is 1. The van der Waals surface area contributed by atoms with Crippen LogP contribution in [0.1, 0.15) is 17.5 Å². The molecule has 2 amide bonds. The molecular formula is C14H10N2O4. The normalized spacial score (nSPS) is 17.1. The van der Waals surface area contributed by atoms with Crippen molar-refractivity contribution in [3.05, 3.63) is 41.1 Å². The van der Waals surface area contributed by atoms with Crippen LogP contribution in [0.25, 0.3) is 5.57 Å². The Morgan fingerprint density at radius 2 is 1.90 bits per heavy atom. The lowest BCUT2D eigenvalue weighted by Gasteiger charge is -2.22. The van der Waals surface area contributed by atoms with Crippen molar-refractivity contribution in [2.75, 3.05) is 7.05 Å². The molecule has 1 aliphatic carbocycles. The molecule has 0 atom stereocenters. The van der Waals surface area contributed by atoms with E-state index in [1.54, 1.807) is 24.3 Å². The summed E-state index contributed by atoms with van der Waals surface area (Å²) in [6.45, 7) is 0. The molecule has 2 aliphatic rings. The molecule has 1 heterocycles. The van der Waals surface area contributed by atoms with Gasteiger partial charge in [0.1, 0.15) is 0 Å². The van der Waals surface area contributed by atoms with Crippen LogP contribution in [-0.4, -0.2) is 40.5 Å². The fraction of sp³-hybridized carbons (Fsp3) is 0.143. The number of rotatable bonds is 2. The molecule has 1 aromatic rings. The van der Waals surface area contributed by atoms with Crippen molar-refractivity contribution in [1.29, 1.82) is 0 Å². The van der Waals surface area contributed by atoms with Gasteiger partial charge >= 0.3 is 17.8 Å². The summed E-state index contributed by atoms with van der Waals surface area (Å²) in [5.41, 5.74) is 2.70. The summed E-state index contributed by atoms with van der Waals surface area (Å²) in [6, 6.07) is 7.09. The van der Waals surface area contributed by atoms with E-state index in [9.17, 15) is 14.4 Å². The molecule has 3 rings (SSSR count). The highest BCUT2D eigenvalue weighted by molar-refractivity contribution is 6.44. The number of hydrogen-bond donors (Lipinski definition) is 1. The first-order valence-electron chi connectivity index (χ1n) is 5.96. The van der Waals surface area contributed by atoms with Gasteiger partial charge in [0.05, 0.1) is 17.8 Å². The highest BCUT2D eigenvalue weighted by Gasteiger charge is 2.38. The summed E-state index contributed by atoms with van der Waals surface area (Å²) in [5.74, 6) is -2.58. The number of aliphatic imine (C=N–C) groups is 1. The maximum atomic E-state index is 11.7. The van der Waals surface area contributed by atoms with Crippen molar-refractivity contribution in [3.63, 3.8) is 0 Å². The molecule has 6 nitrogen and oxygen atoms in total. The van der Waals surface area contributed by atoms with Crippen LogP contribution in [0.3, 0.4) is 0 Å². The van der Waals surface area contributed by atoms with E-state index in [0.29, 0.717) is 28.1 Å². The standard InChI is InChI=1S/C14H10N2O4/c1-16-12-9(6-10(17)18)7-4-2-3-5-8(7)11(12)15-13(19)14(16)20/h2-5H,6H2,1H3,(H,17,18). The topological polar surface area (TPSA) is 87.0 Å². The monoisotopic (exact) mass is 270 g/mol. The SMILES string of the molecule is CN1C(=O)C(=O)N=C2C1=C(CC(=O)O)c1ccccc12. The fourth-order valence-corrected chi connectivity index (χ4v) is 2.55. The average Bonchev–Trinajstić information content (AvgIpc) is 2.71. The quantitative estimate of drug-likeness (QED) is 0.800. The van der Waals surface area contributed by atoms with Crippen LogP contribution in [0.4, 0.5) is 0 Å². The van der Waals surface area contributed by atoms with Crippen molar-refractivity contribution >= 4 is 29.1 Å². The second-order valence-corrected chi connectivity index (χ2v) is 4.57. The van der Waals surface area contributed by atoms with E-state index in [0.717, 1.165) is 0 Å². The van der Waals surface area contributed by atoms with E-state index in [1.165, 1.54) is 11.9 Å². The molecule has 0 saturated heterocycles. The third-order valence-corrected chi connectivity index (χ3v) is 3.38. The minimum absolute atomic E-state index is 0.225. The van der Waals surface area contributed by atoms with Crippen molar-refractivity contribution in [2.45, 2.75) is 6.42 Å². The summed E-state index contributed by atoms with van der Waals surface area (Å²) in [5, 5.41) is 9.05. The van der Waals surface area contributed by atoms with Gasteiger partial charge < -0.3 is 10.0 Å². The van der Waals surface area contributed by atoms with Crippen LogP contribution >= 0.6 is 0 Å². The molecule has 0 fully saturated rings. The Hall–Kier alpha value is -2.76. The molecule has 0 spiro atoms. The van der Waals surface area contributed by atoms with Crippen LogP contribution in [-0.2, 0) is 14.4 Å². The lowest BCUT2D eigenvalue weighted by molar-refractivity contribution is -0.142. The van der Waals surface area contributed by atoms with E-state index in [-0.39, 0.29) is 6.42 Å². The number of carboxylic acids is 1. The van der Waals surface area contributed by atoms with E-state index < -0.39 is 17.8 Å². The van der Waals surface area contributed by atoms with Crippen LogP contribution in [0.15, 0.2) is 35.0 Å². The number of hydrogen-bond acceptors (Lipinski definition) is 3. The Bertz CT molecular complexity index is 730. The van der Waals surface area contributed by atoms with Crippen LogP contribution in [0.5, 0.6) is 0 Å². The summed E-state index contributed by atoms with van der Waals surface area (Å²) in [6.07, 6.45) is -0.225. The largest absolute Gasteiger partial charge is 0.481 e. The number of fused-ring (bicyclic) bond motifs is 3. The molecule has 100 valence electrons. The molecule has 6 heteroatoms. The van der Waals surface area contributed by atoms with E-state index in [4.69, 9.17) is 5.11 Å². The third kappa shape index (κ3) is 1.58. The van der Waals surface area contributed by atoms with Crippen molar-refractivity contribution in [2.24, 2.45) is 4.99 Å². The van der Waals surface area contributed by atoms with Crippen molar-refractivity contribution < 1.29 is 19.5 Å². The maximum Gasteiger partial charge on any atom is 0.336 e. The van der Waals surface area contributed by atoms with Gasteiger partial charge in [0.25, 0.3) is 0 Å². The van der Waals surface area contributed by atoms with Gasteiger partial charge in [-0.15, -0.1) is 0 Å². The van der Waals surface area contributed by atoms with E-state index in [1.807, 2.05) is 0 Å². The molecule has 0 unspecified atom stereocenters. The smallest absolute Gasteiger partial charge is 0.336 e. The third-order valence-electron chi connectivity index (χ3n) is 3.38. The number of aliphatic carboxylic acids is 1. The zero-order valence-electron chi connectivity index (χ0n) is 10.6. The van der Waals surface area contributed by atoms with E-state index in [2.05, 4.69) is 4.99 Å². The number of allylic oxidation sites excluding steroid dienone is 1. The Morgan fingerprint density at radius 1 is 1.25 bits per heavy atom. The van der Waals surface area contributed by atoms with Gasteiger partial charge in [0.15, 0.2) is 0 Å². The zero-order chi connectivity index (χ0) is 14.4. The minimum atomic E-state index is -0.999. The van der Waals surface area contributed by atoms with Gasteiger partial charge in [-0.25, -0.2) is 4.99 Å². The predicted octanol–water partition coefficient (Wildman–Crippen LogP) is 0.674. The molecule has 0 bridgehead atoms. The Morgan fingerprint density at radius 3 is 2.55 bits per heavy atom. The number of carbonyl (C=O) groups is 3. The summed E-state index contributed by atoms with van der Waals surface area (Å²) >= 11 is 0. The number of benzene rings is 1. The fourth-order valence-electron chi connectivity index (χ4n) is 2.55. The minimum Gasteiger partial charge on any atom is -0.481 e.